The number of hydrogen-bond acceptors (Lipinski definition) is 4. The van der Waals surface area contributed by atoms with Gasteiger partial charge in [-0.1, -0.05) is 17.4 Å². The zero-order valence-electron chi connectivity index (χ0n) is 10.7. The third-order valence-electron chi connectivity index (χ3n) is 2.83. The van der Waals surface area contributed by atoms with E-state index in [-0.39, 0.29) is 5.69 Å². The average Bonchev–Trinajstić information content (AvgIpc) is 2.38. The number of nitrogens with zero attached hydrogens (tertiary/aromatic N) is 2. The first-order chi connectivity index (χ1) is 9.32. The van der Waals surface area contributed by atoms with Crippen LogP contribution in [0.2, 0.25) is 5.02 Å². The van der Waals surface area contributed by atoms with Gasteiger partial charge in [0.2, 0.25) is 0 Å². The Kier molecular flexibility index (Phi) is 3.50. The van der Waals surface area contributed by atoms with Gasteiger partial charge in [0.1, 0.15) is 5.69 Å². The maximum atomic E-state index is 12.1. The lowest BCUT2D eigenvalue weighted by molar-refractivity contribution is -0.268. The van der Waals surface area contributed by atoms with Crippen LogP contribution in [0, 0.1) is 13.8 Å². The Morgan fingerprint density at radius 1 is 1.40 bits per heavy atom. The van der Waals surface area contributed by atoms with E-state index in [1.54, 1.807) is 13.8 Å². The molecule has 104 valence electrons. The number of carboxylic acids is 1. The van der Waals surface area contributed by atoms with Gasteiger partial charge in [-0.2, -0.15) is 0 Å². The Morgan fingerprint density at radius 2 is 2.05 bits per heavy atom. The van der Waals surface area contributed by atoms with Crippen molar-refractivity contribution in [3.8, 4) is 11.4 Å². The normalized spacial score (nSPS) is 10.6. The van der Waals surface area contributed by atoms with Gasteiger partial charge < -0.3 is 10.2 Å². The van der Waals surface area contributed by atoms with Crippen LogP contribution < -0.4 is 10.7 Å². The molecule has 0 atom stereocenters. The van der Waals surface area contributed by atoms with E-state index >= 15 is 0 Å². The molecule has 0 saturated carbocycles. The molecule has 0 aliphatic heterocycles. The van der Waals surface area contributed by atoms with Crippen LogP contribution in [0.1, 0.15) is 21.7 Å². The fourth-order valence-electron chi connectivity index (χ4n) is 1.85. The quantitative estimate of drug-likeness (QED) is 0.899. The number of halogens is 1. The van der Waals surface area contributed by atoms with Gasteiger partial charge in [-0.25, -0.2) is 9.78 Å². The Balaban J connectivity index is 2.81. The molecule has 0 spiro atoms. The predicted molar refractivity (Wildman–Crippen MR) is 70.7 cm³/mol. The lowest BCUT2D eigenvalue weighted by atomic mass is 10.2. The smallest absolute Gasteiger partial charge is 0.354 e. The van der Waals surface area contributed by atoms with Crippen molar-refractivity contribution in [1.82, 2.24) is 9.55 Å². The van der Waals surface area contributed by atoms with Crippen molar-refractivity contribution in [1.29, 1.82) is 0 Å². The predicted octanol–water partition coefficient (Wildman–Crippen LogP) is 1.27. The van der Waals surface area contributed by atoms with Gasteiger partial charge in [-0.15, -0.1) is 0 Å². The van der Waals surface area contributed by atoms with Gasteiger partial charge in [0.15, 0.2) is 0 Å². The first-order valence-corrected chi connectivity index (χ1v) is 6.00. The number of pyridine rings is 2. The van der Waals surface area contributed by atoms with Crippen molar-refractivity contribution in [2.45, 2.75) is 13.8 Å². The fourth-order valence-corrected chi connectivity index (χ4v) is 1.99. The molecule has 0 amide bonds. The van der Waals surface area contributed by atoms with E-state index in [0.29, 0.717) is 16.9 Å². The molecule has 2 rings (SSSR count). The molecule has 0 saturated heterocycles. The van der Waals surface area contributed by atoms with E-state index in [1.165, 1.54) is 22.9 Å². The summed E-state index contributed by atoms with van der Waals surface area (Å²) in [6.07, 6.45) is 1.35. The van der Waals surface area contributed by atoms with Gasteiger partial charge in [-0.05, 0) is 31.5 Å². The summed E-state index contributed by atoms with van der Waals surface area (Å²) >= 11 is 5.68. The Bertz CT molecular complexity index is 768. The molecule has 0 aliphatic carbocycles. The number of aromatic carboxylic acids is 1. The second-order valence-corrected chi connectivity index (χ2v) is 4.64. The highest BCUT2D eigenvalue weighted by Gasteiger charge is 2.13. The molecule has 7 heteroatoms. The molecule has 2 heterocycles. The third-order valence-corrected chi connectivity index (χ3v) is 3.18. The van der Waals surface area contributed by atoms with Crippen LogP contribution in [-0.4, -0.2) is 20.6 Å². The maximum Gasteiger partial charge on any atom is 0.354 e. The van der Waals surface area contributed by atoms with Gasteiger partial charge in [-0.3, -0.25) is 9.36 Å². The highest BCUT2D eigenvalue weighted by molar-refractivity contribution is 6.31. The van der Waals surface area contributed by atoms with Crippen molar-refractivity contribution in [3.05, 3.63) is 50.7 Å². The summed E-state index contributed by atoms with van der Waals surface area (Å²) in [4.78, 5) is 26.8. The van der Waals surface area contributed by atoms with E-state index < -0.39 is 22.3 Å². The number of hydrogen-bond donors (Lipinski definition) is 1. The van der Waals surface area contributed by atoms with Gasteiger partial charge in [0, 0.05) is 11.9 Å². The van der Waals surface area contributed by atoms with Crippen LogP contribution in [0.15, 0.2) is 23.1 Å². The molecule has 0 fully saturated rings. The summed E-state index contributed by atoms with van der Waals surface area (Å²) < 4.78 is 1.20. The van der Waals surface area contributed by atoms with E-state index in [0.717, 1.165) is 0 Å². The first-order valence-electron chi connectivity index (χ1n) is 5.62. The van der Waals surface area contributed by atoms with E-state index in [4.69, 9.17) is 16.7 Å². The summed E-state index contributed by atoms with van der Waals surface area (Å²) in [6, 6.07) is 2.50. The Morgan fingerprint density at radius 3 is 2.65 bits per heavy atom. The van der Waals surface area contributed by atoms with Crippen LogP contribution in [0.25, 0.3) is 5.69 Å². The van der Waals surface area contributed by atoms with Crippen LogP contribution in [0.4, 0.5) is 0 Å². The lowest BCUT2D eigenvalue weighted by Gasteiger charge is -2.17. The molecule has 0 radical (unpaired) electrons. The minimum Gasteiger partial charge on any atom is -0.871 e. The van der Waals surface area contributed by atoms with Crippen LogP contribution in [0.3, 0.4) is 0 Å². The molecule has 20 heavy (non-hydrogen) atoms. The monoisotopic (exact) mass is 293 g/mol. The van der Waals surface area contributed by atoms with Gasteiger partial charge >= 0.3 is 5.97 Å². The minimum atomic E-state index is -1.21. The molecule has 2 aromatic heterocycles. The van der Waals surface area contributed by atoms with Gasteiger partial charge in [0.05, 0.1) is 10.7 Å². The SMILES string of the molecule is Cc1cnc(C(=O)O)cc1-n1c(C)cc([O-])c(Cl)c1=O. The Hall–Kier alpha value is -2.34. The number of carbonyl (C=O) groups is 1. The summed E-state index contributed by atoms with van der Waals surface area (Å²) in [5, 5.41) is 20.0. The molecule has 0 bridgehead atoms. The van der Waals surface area contributed by atoms with E-state index in [9.17, 15) is 14.7 Å². The second-order valence-electron chi connectivity index (χ2n) is 4.27. The highest BCUT2D eigenvalue weighted by atomic mass is 35.5. The third kappa shape index (κ3) is 2.25. The van der Waals surface area contributed by atoms with E-state index in [2.05, 4.69) is 4.98 Å². The molecule has 0 aromatic carbocycles. The molecule has 6 nitrogen and oxygen atoms in total. The molecule has 0 aliphatic rings. The van der Waals surface area contributed by atoms with Crippen molar-refractivity contribution >= 4 is 17.6 Å². The molecule has 1 N–H and O–H groups in total. The van der Waals surface area contributed by atoms with Crippen molar-refractivity contribution < 1.29 is 15.0 Å². The van der Waals surface area contributed by atoms with Crippen molar-refractivity contribution in [2.24, 2.45) is 0 Å². The standard InChI is InChI=1S/C13H11ClN2O4/c1-6-5-15-8(13(19)20)4-9(6)16-7(2)3-10(17)11(14)12(16)18/h3-5,17H,1-2H3,(H,19,20)/p-1. The van der Waals surface area contributed by atoms with E-state index in [1.807, 2.05) is 0 Å². The number of carboxylic acid groups (broad SMARTS) is 1. The molecule has 0 unspecified atom stereocenters. The number of aromatic nitrogens is 2. The maximum absolute atomic E-state index is 12.1. The Labute approximate surface area is 118 Å². The summed E-state index contributed by atoms with van der Waals surface area (Å²) in [7, 11) is 0. The number of aryl methyl sites for hydroxylation is 2. The zero-order chi connectivity index (χ0) is 15.0. The summed E-state index contributed by atoms with van der Waals surface area (Å²) in [6.45, 7) is 3.25. The average molecular weight is 294 g/mol. The summed E-state index contributed by atoms with van der Waals surface area (Å²) in [5.74, 6) is -1.76. The topological polar surface area (TPSA) is 95.2 Å². The second kappa shape index (κ2) is 4.97. The minimum absolute atomic E-state index is 0.195. The van der Waals surface area contributed by atoms with Crippen LogP contribution in [0.5, 0.6) is 5.75 Å². The van der Waals surface area contributed by atoms with Crippen LogP contribution >= 0.6 is 11.6 Å². The summed E-state index contributed by atoms with van der Waals surface area (Å²) in [5.41, 5.74) is 0.424. The van der Waals surface area contributed by atoms with Gasteiger partial charge in [0.25, 0.3) is 5.56 Å². The lowest BCUT2D eigenvalue weighted by Crippen LogP contribution is -2.23. The molecule has 2 aromatic rings. The fraction of sp³-hybridized carbons (Fsp3) is 0.154. The number of rotatable bonds is 2. The van der Waals surface area contributed by atoms with Crippen molar-refractivity contribution in [2.75, 3.05) is 0 Å². The first kappa shape index (κ1) is 14.1. The molecular weight excluding hydrogens is 284 g/mol. The van der Waals surface area contributed by atoms with Crippen molar-refractivity contribution in [3.63, 3.8) is 0 Å². The zero-order valence-corrected chi connectivity index (χ0v) is 11.4. The highest BCUT2D eigenvalue weighted by Crippen LogP contribution is 2.21. The largest absolute Gasteiger partial charge is 0.871 e. The van der Waals surface area contributed by atoms with Crippen LogP contribution in [-0.2, 0) is 0 Å². The molecular formula is C13H10ClN2O4-.